The van der Waals surface area contributed by atoms with Gasteiger partial charge in [0.2, 0.25) is 0 Å². The van der Waals surface area contributed by atoms with Gasteiger partial charge in [0, 0.05) is 11.6 Å². The molecule has 0 N–H and O–H groups in total. The van der Waals surface area contributed by atoms with Crippen LogP contribution in [-0.2, 0) is 0 Å². The smallest absolute Gasteiger partial charge is 0.120 e. The third-order valence-corrected chi connectivity index (χ3v) is 2.16. The summed E-state index contributed by atoms with van der Waals surface area (Å²) in [4.78, 5) is 4.35. The zero-order valence-corrected chi connectivity index (χ0v) is 9.32. The molecule has 15 heavy (non-hydrogen) atoms. The Hall–Kier alpha value is -1.57. The second-order valence-corrected chi connectivity index (χ2v) is 4.03. The van der Waals surface area contributed by atoms with Crippen LogP contribution in [0.3, 0.4) is 0 Å². The van der Waals surface area contributed by atoms with Crippen LogP contribution in [0.25, 0.3) is 10.9 Å². The first kappa shape index (κ1) is 9.97. The molecule has 0 saturated heterocycles. The minimum atomic E-state index is 0.209. The first-order chi connectivity index (χ1) is 7.15. The van der Waals surface area contributed by atoms with Crippen LogP contribution in [0.15, 0.2) is 30.5 Å². The minimum absolute atomic E-state index is 0.209. The maximum Gasteiger partial charge on any atom is 0.120 e. The van der Waals surface area contributed by atoms with Crippen molar-refractivity contribution < 1.29 is 4.74 Å². The average molecular weight is 201 g/mol. The fourth-order valence-corrected chi connectivity index (χ4v) is 1.57. The van der Waals surface area contributed by atoms with Crippen molar-refractivity contribution in [3.05, 3.63) is 36.0 Å². The van der Waals surface area contributed by atoms with Crippen LogP contribution in [0.5, 0.6) is 5.75 Å². The molecule has 1 aromatic carbocycles. The van der Waals surface area contributed by atoms with Gasteiger partial charge in [-0.2, -0.15) is 0 Å². The highest BCUT2D eigenvalue weighted by Gasteiger charge is 2.00. The van der Waals surface area contributed by atoms with Gasteiger partial charge in [0.1, 0.15) is 5.75 Å². The lowest BCUT2D eigenvalue weighted by Crippen LogP contribution is -2.05. The van der Waals surface area contributed by atoms with E-state index in [1.54, 1.807) is 0 Å². The van der Waals surface area contributed by atoms with E-state index in [-0.39, 0.29) is 6.10 Å². The lowest BCUT2D eigenvalue weighted by Gasteiger charge is -2.10. The van der Waals surface area contributed by atoms with E-state index in [4.69, 9.17) is 4.74 Å². The normalized spacial score (nSPS) is 10.9. The van der Waals surface area contributed by atoms with Crippen LogP contribution in [0.2, 0.25) is 0 Å². The van der Waals surface area contributed by atoms with E-state index < -0.39 is 0 Å². The van der Waals surface area contributed by atoms with Gasteiger partial charge >= 0.3 is 0 Å². The van der Waals surface area contributed by atoms with Crippen molar-refractivity contribution in [3.8, 4) is 5.75 Å². The van der Waals surface area contributed by atoms with Crippen LogP contribution in [-0.4, -0.2) is 11.1 Å². The van der Waals surface area contributed by atoms with E-state index in [0.717, 1.165) is 16.7 Å². The predicted molar refractivity (Wildman–Crippen MR) is 62.2 cm³/mol. The molecular formula is C13H15NO. The summed E-state index contributed by atoms with van der Waals surface area (Å²) in [5.41, 5.74) is 2.18. The zero-order valence-electron chi connectivity index (χ0n) is 9.32. The lowest BCUT2D eigenvalue weighted by molar-refractivity contribution is 0.243. The molecule has 0 fully saturated rings. The Bertz CT molecular complexity index is 477. The molecule has 0 amide bonds. The van der Waals surface area contributed by atoms with Crippen LogP contribution in [0.4, 0.5) is 0 Å². The molecule has 0 bridgehead atoms. The second kappa shape index (κ2) is 3.89. The Morgan fingerprint density at radius 2 is 2.00 bits per heavy atom. The second-order valence-electron chi connectivity index (χ2n) is 4.03. The van der Waals surface area contributed by atoms with Gasteiger partial charge in [-0.05, 0) is 50.6 Å². The van der Waals surface area contributed by atoms with Crippen molar-refractivity contribution in [2.24, 2.45) is 0 Å². The molecule has 2 rings (SSSR count). The number of rotatable bonds is 2. The molecule has 0 aliphatic carbocycles. The minimum Gasteiger partial charge on any atom is -0.491 e. The van der Waals surface area contributed by atoms with Crippen molar-refractivity contribution in [3.63, 3.8) is 0 Å². The Balaban J connectivity index is 2.45. The average Bonchev–Trinajstić information content (AvgIpc) is 2.16. The van der Waals surface area contributed by atoms with Crippen molar-refractivity contribution in [1.29, 1.82) is 0 Å². The summed E-state index contributed by atoms with van der Waals surface area (Å²) < 4.78 is 5.63. The Morgan fingerprint density at radius 1 is 1.20 bits per heavy atom. The Morgan fingerprint density at radius 3 is 2.73 bits per heavy atom. The summed E-state index contributed by atoms with van der Waals surface area (Å²) in [5.74, 6) is 0.907. The Kier molecular flexibility index (Phi) is 2.58. The number of hydrogen-bond acceptors (Lipinski definition) is 2. The van der Waals surface area contributed by atoms with E-state index in [9.17, 15) is 0 Å². The van der Waals surface area contributed by atoms with Gasteiger partial charge in [0.15, 0.2) is 0 Å². The third kappa shape index (κ3) is 2.27. The van der Waals surface area contributed by atoms with E-state index in [1.165, 1.54) is 5.56 Å². The summed E-state index contributed by atoms with van der Waals surface area (Å²) in [7, 11) is 0. The molecule has 0 aliphatic heterocycles. The molecule has 2 nitrogen and oxygen atoms in total. The number of benzene rings is 1. The number of ether oxygens (including phenoxy) is 1. The quantitative estimate of drug-likeness (QED) is 0.743. The molecule has 0 radical (unpaired) electrons. The highest BCUT2D eigenvalue weighted by atomic mass is 16.5. The highest BCUT2D eigenvalue weighted by molar-refractivity contribution is 5.80. The topological polar surface area (TPSA) is 22.1 Å². The van der Waals surface area contributed by atoms with Gasteiger partial charge < -0.3 is 4.74 Å². The van der Waals surface area contributed by atoms with Crippen LogP contribution in [0.1, 0.15) is 19.4 Å². The van der Waals surface area contributed by atoms with E-state index in [0.29, 0.717) is 0 Å². The van der Waals surface area contributed by atoms with E-state index in [1.807, 2.05) is 45.2 Å². The van der Waals surface area contributed by atoms with Crippen molar-refractivity contribution in [1.82, 2.24) is 4.98 Å². The van der Waals surface area contributed by atoms with Crippen molar-refractivity contribution in [2.45, 2.75) is 26.9 Å². The zero-order chi connectivity index (χ0) is 10.8. The molecule has 2 aromatic rings. The van der Waals surface area contributed by atoms with Crippen molar-refractivity contribution >= 4 is 10.9 Å². The predicted octanol–water partition coefficient (Wildman–Crippen LogP) is 3.33. The SMILES string of the molecule is Cc1cnc2ccc(OC(C)C)cc2c1. The number of aryl methyl sites for hydroxylation is 1. The number of pyridine rings is 1. The van der Waals surface area contributed by atoms with E-state index >= 15 is 0 Å². The molecule has 1 heterocycles. The molecular weight excluding hydrogens is 186 g/mol. The molecule has 0 atom stereocenters. The summed E-state index contributed by atoms with van der Waals surface area (Å²) in [6.07, 6.45) is 2.09. The van der Waals surface area contributed by atoms with Gasteiger partial charge in [-0.1, -0.05) is 0 Å². The van der Waals surface area contributed by atoms with Gasteiger partial charge in [0.05, 0.1) is 11.6 Å². The van der Waals surface area contributed by atoms with Gasteiger partial charge in [-0.25, -0.2) is 0 Å². The molecule has 0 aliphatic rings. The van der Waals surface area contributed by atoms with Crippen LogP contribution in [0, 0.1) is 6.92 Å². The summed E-state index contributed by atoms with van der Waals surface area (Å²) in [6.45, 7) is 6.10. The van der Waals surface area contributed by atoms with Gasteiger partial charge in [0.25, 0.3) is 0 Å². The number of fused-ring (bicyclic) bond motifs is 1. The highest BCUT2D eigenvalue weighted by Crippen LogP contribution is 2.20. The number of aromatic nitrogens is 1. The third-order valence-electron chi connectivity index (χ3n) is 2.16. The largest absolute Gasteiger partial charge is 0.491 e. The molecule has 1 aromatic heterocycles. The van der Waals surface area contributed by atoms with E-state index in [2.05, 4.69) is 11.1 Å². The molecule has 78 valence electrons. The first-order valence-corrected chi connectivity index (χ1v) is 5.18. The van der Waals surface area contributed by atoms with Crippen molar-refractivity contribution in [2.75, 3.05) is 0 Å². The number of nitrogens with zero attached hydrogens (tertiary/aromatic N) is 1. The summed E-state index contributed by atoms with van der Waals surface area (Å²) in [6, 6.07) is 8.11. The monoisotopic (exact) mass is 201 g/mol. The van der Waals surface area contributed by atoms with Crippen LogP contribution < -0.4 is 4.74 Å². The first-order valence-electron chi connectivity index (χ1n) is 5.18. The standard InChI is InChI=1S/C13H15NO/c1-9(2)15-12-4-5-13-11(7-12)6-10(3)8-14-13/h4-9H,1-3H3. The molecule has 0 saturated carbocycles. The molecule has 2 heteroatoms. The number of hydrogen-bond donors (Lipinski definition) is 0. The summed E-state index contributed by atoms with van der Waals surface area (Å²) >= 11 is 0. The lowest BCUT2D eigenvalue weighted by atomic mass is 10.1. The molecule has 0 spiro atoms. The van der Waals surface area contributed by atoms with Gasteiger partial charge in [-0.3, -0.25) is 4.98 Å². The Labute approximate surface area is 89.9 Å². The van der Waals surface area contributed by atoms with Gasteiger partial charge in [-0.15, -0.1) is 0 Å². The fourth-order valence-electron chi connectivity index (χ4n) is 1.57. The fraction of sp³-hybridized carbons (Fsp3) is 0.308. The summed E-state index contributed by atoms with van der Waals surface area (Å²) in [5, 5.41) is 1.13. The maximum atomic E-state index is 5.63. The van der Waals surface area contributed by atoms with Crippen LogP contribution >= 0.6 is 0 Å². The molecule has 0 unspecified atom stereocenters. The maximum absolute atomic E-state index is 5.63.